The second kappa shape index (κ2) is 4.55. The number of aromatic nitrogens is 2. The van der Waals surface area contributed by atoms with Crippen LogP contribution in [0.25, 0.3) is 0 Å². The first-order valence-corrected chi connectivity index (χ1v) is 5.86. The molecule has 7 heteroatoms. The normalized spacial score (nSPS) is 25.4. The van der Waals surface area contributed by atoms with Gasteiger partial charge in [-0.05, 0) is 13.8 Å². The number of rotatable bonds is 2. The van der Waals surface area contributed by atoms with E-state index in [9.17, 15) is 13.2 Å². The van der Waals surface area contributed by atoms with Gasteiger partial charge in [0.25, 0.3) is 0 Å². The van der Waals surface area contributed by atoms with Gasteiger partial charge in [0.1, 0.15) is 0 Å². The SMILES string of the molecule is CCn1cc(C2(C(F)(F)F)CNCCO2)c(C)n1. The molecule has 1 aromatic rings. The van der Waals surface area contributed by atoms with Gasteiger partial charge in [-0.25, -0.2) is 0 Å². The number of morpholine rings is 1. The monoisotopic (exact) mass is 263 g/mol. The van der Waals surface area contributed by atoms with E-state index < -0.39 is 11.8 Å². The minimum Gasteiger partial charge on any atom is -0.358 e. The van der Waals surface area contributed by atoms with Crippen molar-refractivity contribution in [2.75, 3.05) is 19.7 Å². The molecule has 0 amide bonds. The summed E-state index contributed by atoms with van der Waals surface area (Å²) < 4.78 is 46.7. The first-order valence-electron chi connectivity index (χ1n) is 5.86. The van der Waals surface area contributed by atoms with Gasteiger partial charge < -0.3 is 10.1 Å². The molecule has 0 bridgehead atoms. The van der Waals surface area contributed by atoms with Crippen molar-refractivity contribution in [2.45, 2.75) is 32.2 Å². The molecule has 1 N–H and O–H groups in total. The lowest BCUT2D eigenvalue weighted by atomic mass is 9.92. The lowest BCUT2D eigenvalue weighted by Gasteiger charge is -2.38. The number of nitrogens with one attached hydrogen (secondary N) is 1. The minimum absolute atomic E-state index is 0.0380. The van der Waals surface area contributed by atoms with Crippen molar-refractivity contribution in [2.24, 2.45) is 0 Å². The number of hydrogen-bond donors (Lipinski definition) is 1. The minimum atomic E-state index is -4.47. The zero-order chi connectivity index (χ0) is 13.4. The molecule has 2 heterocycles. The van der Waals surface area contributed by atoms with Gasteiger partial charge in [0, 0.05) is 31.4 Å². The third-order valence-electron chi connectivity index (χ3n) is 3.16. The Labute approximate surface area is 103 Å². The van der Waals surface area contributed by atoms with Crippen LogP contribution in [0.15, 0.2) is 6.20 Å². The zero-order valence-corrected chi connectivity index (χ0v) is 10.3. The van der Waals surface area contributed by atoms with Crippen molar-refractivity contribution in [3.05, 3.63) is 17.5 Å². The van der Waals surface area contributed by atoms with Crippen molar-refractivity contribution in [3.8, 4) is 0 Å². The molecule has 1 unspecified atom stereocenters. The Balaban J connectivity index is 2.49. The molecule has 2 rings (SSSR count). The highest BCUT2D eigenvalue weighted by atomic mass is 19.4. The maximum Gasteiger partial charge on any atom is 0.423 e. The van der Waals surface area contributed by atoms with Crippen LogP contribution in [0.3, 0.4) is 0 Å². The lowest BCUT2D eigenvalue weighted by Crippen LogP contribution is -2.56. The molecule has 102 valence electrons. The van der Waals surface area contributed by atoms with Gasteiger partial charge in [0.15, 0.2) is 0 Å². The third kappa shape index (κ3) is 2.01. The number of nitrogens with zero attached hydrogens (tertiary/aromatic N) is 2. The van der Waals surface area contributed by atoms with E-state index in [-0.39, 0.29) is 18.7 Å². The maximum absolute atomic E-state index is 13.4. The van der Waals surface area contributed by atoms with E-state index in [0.717, 1.165) is 0 Å². The molecule has 1 atom stereocenters. The zero-order valence-electron chi connectivity index (χ0n) is 10.3. The smallest absolute Gasteiger partial charge is 0.358 e. The highest BCUT2D eigenvalue weighted by Gasteiger charge is 2.59. The van der Waals surface area contributed by atoms with Gasteiger partial charge in [-0.1, -0.05) is 0 Å². The molecule has 0 aliphatic carbocycles. The van der Waals surface area contributed by atoms with Gasteiger partial charge in [-0.15, -0.1) is 0 Å². The largest absolute Gasteiger partial charge is 0.423 e. The highest BCUT2D eigenvalue weighted by molar-refractivity contribution is 5.27. The Hall–Kier alpha value is -1.08. The van der Waals surface area contributed by atoms with E-state index in [0.29, 0.717) is 18.8 Å². The third-order valence-corrected chi connectivity index (χ3v) is 3.16. The van der Waals surface area contributed by atoms with E-state index in [1.165, 1.54) is 10.9 Å². The van der Waals surface area contributed by atoms with Crippen LogP contribution < -0.4 is 5.32 Å². The van der Waals surface area contributed by atoms with Crippen molar-refractivity contribution >= 4 is 0 Å². The number of hydrogen-bond acceptors (Lipinski definition) is 3. The van der Waals surface area contributed by atoms with Crippen LogP contribution >= 0.6 is 0 Å². The predicted octanol–water partition coefficient (Wildman–Crippen LogP) is 1.59. The Morgan fingerprint density at radius 3 is 2.72 bits per heavy atom. The van der Waals surface area contributed by atoms with Crippen molar-refractivity contribution < 1.29 is 17.9 Å². The van der Waals surface area contributed by atoms with Crippen LogP contribution in [0.5, 0.6) is 0 Å². The first kappa shape index (κ1) is 13.4. The van der Waals surface area contributed by atoms with Crippen LogP contribution in [-0.4, -0.2) is 35.7 Å². The van der Waals surface area contributed by atoms with Crippen LogP contribution in [0, 0.1) is 6.92 Å². The second-order valence-corrected chi connectivity index (χ2v) is 4.33. The summed E-state index contributed by atoms with van der Waals surface area (Å²) >= 11 is 0. The Kier molecular flexibility index (Phi) is 3.37. The second-order valence-electron chi connectivity index (χ2n) is 4.33. The first-order chi connectivity index (χ1) is 8.40. The number of alkyl halides is 3. The summed E-state index contributed by atoms with van der Waals surface area (Å²) in [6, 6.07) is 0. The molecule has 0 saturated carbocycles. The highest BCUT2D eigenvalue weighted by Crippen LogP contribution is 2.43. The molecule has 1 aromatic heterocycles. The lowest BCUT2D eigenvalue weighted by molar-refractivity contribution is -0.290. The van der Waals surface area contributed by atoms with Gasteiger partial charge in [-0.3, -0.25) is 4.68 Å². The average Bonchev–Trinajstić information content (AvgIpc) is 2.70. The average molecular weight is 263 g/mol. The Morgan fingerprint density at radius 1 is 1.56 bits per heavy atom. The van der Waals surface area contributed by atoms with E-state index in [1.54, 1.807) is 6.92 Å². The quantitative estimate of drug-likeness (QED) is 0.880. The number of halogens is 3. The van der Waals surface area contributed by atoms with Crippen molar-refractivity contribution in [1.82, 2.24) is 15.1 Å². The molecule has 0 radical (unpaired) electrons. The van der Waals surface area contributed by atoms with Gasteiger partial charge >= 0.3 is 6.18 Å². The molecule has 1 fully saturated rings. The van der Waals surface area contributed by atoms with Crippen LogP contribution in [0.1, 0.15) is 18.2 Å². The van der Waals surface area contributed by atoms with E-state index >= 15 is 0 Å². The molecule has 0 aromatic carbocycles. The fourth-order valence-corrected chi connectivity index (χ4v) is 2.20. The van der Waals surface area contributed by atoms with E-state index in [4.69, 9.17) is 4.74 Å². The summed E-state index contributed by atoms with van der Waals surface area (Å²) in [6.07, 6.45) is -3.04. The van der Waals surface area contributed by atoms with Gasteiger partial charge in [0.05, 0.1) is 12.3 Å². The molecule has 4 nitrogen and oxygen atoms in total. The van der Waals surface area contributed by atoms with E-state index in [1.807, 2.05) is 6.92 Å². The molecular formula is C11H16F3N3O. The van der Waals surface area contributed by atoms with Crippen molar-refractivity contribution in [3.63, 3.8) is 0 Å². The van der Waals surface area contributed by atoms with Gasteiger partial charge in [-0.2, -0.15) is 18.3 Å². The van der Waals surface area contributed by atoms with Crippen LogP contribution in [-0.2, 0) is 16.9 Å². The molecule has 1 saturated heterocycles. The van der Waals surface area contributed by atoms with Crippen molar-refractivity contribution in [1.29, 1.82) is 0 Å². The topological polar surface area (TPSA) is 39.1 Å². The molecular weight excluding hydrogens is 247 g/mol. The van der Waals surface area contributed by atoms with Crippen LogP contribution in [0.4, 0.5) is 13.2 Å². The Morgan fingerprint density at radius 2 is 2.28 bits per heavy atom. The van der Waals surface area contributed by atoms with E-state index in [2.05, 4.69) is 10.4 Å². The summed E-state index contributed by atoms with van der Waals surface area (Å²) in [5.41, 5.74) is -1.81. The summed E-state index contributed by atoms with van der Waals surface area (Å²) in [5.74, 6) is 0. The predicted molar refractivity (Wildman–Crippen MR) is 59.2 cm³/mol. The fraction of sp³-hybridized carbons (Fsp3) is 0.727. The molecule has 1 aliphatic heterocycles. The summed E-state index contributed by atoms with van der Waals surface area (Å²) in [4.78, 5) is 0. The molecule has 18 heavy (non-hydrogen) atoms. The van der Waals surface area contributed by atoms with Gasteiger partial charge in [0.2, 0.25) is 5.60 Å². The number of ether oxygens (including phenoxy) is 1. The summed E-state index contributed by atoms with van der Waals surface area (Å²) in [7, 11) is 0. The summed E-state index contributed by atoms with van der Waals surface area (Å²) in [6.45, 7) is 4.13. The fourth-order valence-electron chi connectivity index (χ4n) is 2.20. The molecule has 1 aliphatic rings. The Bertz CT molecular complexity index is 422. The maximum atomic E-state index is 13.4. The number of aryl methyl sites for hydroxylation is 2. The summed E-state index contributed by atoms with van der Waals surface area (Å²) in [5, 5.41) is 6.82. The standard InChI is InChI=1S/C11H16F3N3O/c1-3-17-6-9(8(2)16-17)10(11(12,13)14)7-15-4-5-18-10/h6,15H,3-5,7H2,1-2H3. The molecule has 0 spiro atoms. The van der Waals surface area contributed by atoms with Crippen LogP contribution in [0.2, 0.25) is 0 Å².